The number of pyridine rings is 1. The van der Waals surface area contributed by atoms with Gasteiger partial charge in [-0.1, -0.05) is 17.7 Å². The molecule has 19 heavy (non-hydrogen) atoms. The second-order valence-corrected chi connectivity index (χ2v) is 5.85. The fourth-order valence-corrected chi connectivity index (χ4v) is 3.63. The highest BCUT2D eigenvalue weighted by molar-refractivity contribution is 7.99. The number of rotatable bonds is 2. The van der Waals surface area contributed by atoms with Crippen LogP contribution in [0.15, 0.2) is 30.5 Å². The molecule has 2 aromatic rings. The number of carboxylic acid groups (broad SMARTS) is 1. The van der Waals surface area contributed by atoms with E-state index in [9.17, 15) is 4.79 Å². The fraction of sp³-hybridized carbons (Fsp3) is 0.231. The Morgan fingerprint density at radius 3 is 3.05 bits per heavy atom. The van der Waals surface area contributed by atoms with Crippen LogP contribution in [0.1, 0.15) is 10.9 Å². The number of nitrogens with one attached hydrogen (secondary N) is 1. The molecule has 3 rings (SSSR count). The highest BCUT2D eigenvalue weighted by Crippen LogP contribution is 2.37. The van der Waals surface area contributed by atoms with Crippen LogP contribution >= 0.6 is 23.4 Å². The molecular weight excluding hydrogens is 284 g/mol. The van der Waals surface area contributed by atoms with E-state index in [0.717, 1.165) is 16.5 Å². The van der Waals surface area contributed by atoms with Gasteiger partial charge in [0.1, 0.15) is 6.04 Å². The predicted octanol–water partition coefficient (Wildman–Crippen LogP) is 2.68. The zero-order valence-electron chi connectivity index (χ0n) is 9.84. The number of hydrogen-bond acceptors (Lipinski definition) is 4. The van der Waals surface area contributed by atoms with Gasteiger partial charge in [0.2, 0.25) is 0 Å². The van der Waals surface area contributed by atoms with E-state index in [-0.39, 0.29) is 5.37 Å². The summed E-state index contributed by atoms with van der Waals surface area (Å²) in [5, 5.41) is 13.6. The monoisotopic (exact) mass is 294 g/mol. The Kier molecular flexibility index (Phi) is 3.35. The summed E-state index contributed by atoms with van der Waals surface area (Å²) in [5.74, 6) is -0.266. The molecule has 2 N–H and O–H groups in total. The molecular formula is C13H11ClN2O2S. The molecule has 1 fully saturated rings. The molecule has 4 nitrogen and oxygen atoms in total. The topological polar surface area (TPSA) is 62.2 Å². The SMILES string of the molecule is O=C(O)[C@@H]1CSC(c2ccc(Cl)c3cccnc23)N1. The van der Waals surface area contributed by atoms with Crippen LogP contribution in [0.25, 0.3) is 10.9 Å². The largest absolute Gasteiger partial charge is 0.480 e. The van der Waals surface area contributed by atoms with Crippen LogP contribution in [-0.4, -0.2) is 27.9 Å². The highest BCUT2D eigenvalue weighted by atomic mass is 35.5. The summed E-state index contributed by atoms with van der Waals surface area (Å²) in [5.41, 5.74) is 1.81. The smallest absolute Gasteiger partial charge is 0.321 e. The van der Waals surface area contributed by atoms with E-state index in [4.69, 9.17) is 16.7 Å². The van der Waals surface area contributed by atoms with E-state index in [0.29, 0.717) is 10.8 Å². The summed E-state index contributed by atoms with van der Waals surface area (Å²) in [6, 6.07) is 6.99. The molecule has 0 aliphatic carbocycles. The highest BCUT2D eigenvalue weighted by Gasteiger charge is 2.31. The molecule has 1 aromatic heterocycles. The number of thioether (sulfide) groups is 1. The molecule has 1 unspecified atom stereocenters. The molecule has 2 heterocycles. The number of halogens is 1. The number of hydrogen-bond donors (Lipinski definition) is 2. The van der Waals surface area contributed by atoms with Crippen LogP contribution in [0, 0.1) is 0 Å². The third-order valence-electron chi connectivity index (χ3n) is 3.11. The lowest BCUT2D eigenvalue weighted by molar-refractivity contribution is -0.138. The van der Waals surface area contributed by atoms with Gasteiger partial charge in [0.15, 0.2) is 0 Å². The van der Waals surface area contributed by atoms with Crippen LogP contribution < -0.4 is 5.32 Å². The average molecular weight is 295 g/mol. The molecule has 6 heteroatoms. The Labute approximate surface area is 119 Å². The molecule has 0 amide bonds. The van der Waals surface area contributed by atoms with Gasteiger partial charge < -0.3 is 5.11 Å². The minimum atomic E-state index is -0.818. The minimum Gasteiger partial charge on any atom is -0.480 e. The van der Waals surface area contributed by atoms with Crippen LogP contribution in [0.3, 0.4) is 0 Å². The maximum Gasteiger partial charge on any atom is 0.321 e. The molecule has 0 bridgehead atoms. The Morgan fingerprint density at radius 1 is 1.47 bits per heavy atom. The number of carbonyl (C=O) groups is 1. The van der Waals surface area contributed by atoms with Gasteiger partial charge in [-0.3, -0.25) is 15.1 Å². The lowest BCUT2D eigenvalue weighted by Crippen LogP contribution is -2.33. The van der Waals surface area contributed by atoms with Gasteiger partial charge in [-0.25, -0.2) is 0 Å². The van der Waals surface area contributed by atoms with Crippen LogP contribution in [0.5, 0.6) is 0 Å². The molecule has 0 saturated carbocycles. The van der Waals surface area contributed by atoms with Gasteiger partial charge in [0, 0.05) is 27.9 Å². The second-order valence-electron chi connectivity index (χ2n) is 4.31. The average Bonchev–Trinajstić information content (AvgIpc) is 2.89. The van der Waals surface area contributed by atoms with Crippen molar-refractivity contribution in [3.8, 4) is 0 Å². The van der Waals surface area contributed by atoms with Crippen molar-refractivity contribution in [3.63, 3.8) is 0 Å². The van der Waals surface area contributed by atoms with Gasteiger partial charge in [0.25, 0.3) is 0 Å². The third-order valence-corrected chi connectivity index (χ3v) is 4.69. The number of aliphatic carboxylic acids is 1. The van der Waals surface area contributed by atoms with Crippen LogP contribution in [0.4, 0.5) is 0 Å². The van der Waals surface area contributed by atoms with E-state index in [1.54, 1.807) is 18.0 Å². The Morgan fingerprint density at radius 2 is 2.32 bits per heavy atom. The lowest BCUT2D eigenvalue weighted by Gasteiger charge is -2.14. The maximum absolute atomic E-state index is 11.0. The second kappa shape index (κ2) is 5.00. The molecule has 0 radical (unpaired) electrons. The normalized spacial score (nSPS) is 22.8. The molecule has 0 spiro atoms. The number of benzene rings is 1. The summed E-state index contributed by atoms with van der Waals surface area (Å²) in [6.45, 7) is 0. The summed E-state index contributed by atoms with van der Waals surface area (Å²) < 4.78 is 0. The van der Waals surface area contributed by atoms with Gasteiger partial charge in [0.05, 0.1) is 10.9 Å². The van der Waals surface area contributed by atoms with Crippen molar-refractivity contribution in [1.82, 2.24) is 10.3 Å². The van der Waals surface area contributed by atoms with Crippen molar-refractivity contribution in [1.29, 1.82) is 0 Å². The van der Waals surface area contributed by atoms with Crippen molar-refractivity contribution < 1.29 is 9.90 Å². The van der Waals surface area contributed by atoms with E-state index >= 15 is 0 Å². The molecule has 2 atom stereocenters. The van der Waals surface area contributed by atoms with Crippen molar-refractivity contribution in [2.45, 2.75) is 11.4 Å². The first-order valence-corrected chi connectivity index (χ1v) is 7.23. The van der Waals surface area contributed by atoms with Gasteiger partial charge >= 0.3 is 5.97 Å². The first-order chi connectivity index (χ1) is 9.16. The van der Waals surface area contributed by atoms with Crippen molar-refractivity contribution in [3.05, 3.63) is 41.0 Å². The van der Waals surface area contributed by atoms with Crippen molar-refractivity contribution >= 4 is 40.2 Å². The van der Waals surface area contributed by atoms with E-state index in [1.165, 1.54) is 0 Å². The zero-order valence-corrected chi connectivity index (χ0v) is 11.4. The van der Waals surface area contributed by atoms with Crippen LogP contribution in [-0.2, 0) is 4.79 Å². The summed E-state index contributed by atoms with van der Waals surface area (Å²) in [4.78, 5) is 15.4. The number of fused-ring (bicyclic) bond motifs is 1. The molecule has 1 aliphatic heterocycles. The maximum atomic E-state index is 11.0. The third kappa shape index (κ3) is 2.29. The van der Waals surface area contributed by atoms with Crippen molar-refractivity contribution in [2.75, 3.05) is 5.75 Å². The van der Waals surface area contributed by atoms with Gasteiger partial charge in [-0.05, 0) is 18.2 Å². The fourth-order valence-electron chi connectivity index (χ4n) is 2.16. The number of nitrogens with zero attached hydrogens (tertiary/aromatic N) is 1. The van der Waals surface area contributed by atoms with Gasteiger partial charge in [-0.2, -0.15) is 0 Å². The number of aromatic nitrogens is 1. The first kappa shape index (κ1) is 12.7. The standard InChI is InChI=1S/C13H11ClN2O2S/c14-9-4-3-8(11-7(9)2-1-5-15-11)12-16-10(6-19-12)13(17)18/h1-5,10,12,16H,6H2,(H,17,18)/t10-,12?/m0/s1. The molecule has 1 aromatic carbocycles. The van der Waals surface area contributed by atoms with Crippen LogP contribution in [0.2, 0.25) is 5.02 Å². The summed E-state index contributed by atoms with van der Waals surface area (Å²) in [7, 11) is 0. The Balaban J connectivity index is 2.02. The predicted molar refractivity (Wildman–Crippen MR) is 76.5 cm³/mol. The Bertz CT molecular complexity index is 650. The minimum absolute atomic E-state index is 0.0595. The molecule has 98 valence electrons. The molecule has 1 aliphatic rings. The van der Waals surface area contributed by atoms with Crippen molar-refractivity contribution in [2.24, 2.45) is 0 Å². The van der Waals surface area contributed by atoms with E-state index < -0.39 is 12.0 Å². The quantitative estimate of drug-likeness (QED) is 0.891. The first-order valence-electron chi connectivity index (χ1n) is 5.80. The van der Waals surface area contributed by atoms with E-state index in [2.05, 4.69) is 10.3 Å². The van der Waals surface area contributed by atoms with Gasteiger partial charge in [-0.15, -0.1) is 11.8 Å². The zero-order chi connectivity index (χ0) is 13.4. The number of carboxylic acids is 1. The summed E-state index contributed by atoms with van der Waals surface area (Å²) in [6.07, 6.45) is 1.72. The van der Waals surface area contributed by atoms with E-state index in [1.807, 2.05) is 24.3 Å². The lowest BCUT2D eigenvalue weighted by atomic mass is 10.1. The molecule has 1 saturated heterocycles. The summed E-state index contributed by atoms with van der Waals surface area (Å²) >= 11 is 7.73. The Hall–Kier alpha value is -1.30.